The predicted molar refractivity (Wildman–Crippen MR) is 156 cm³/mol. The summed E-state index contributed by atoms with van der Waals surface area (Å²) in [4.78, 5) is 28.6. The van der Waals surface area contributed by atoms with E-state index < -0.39 is 28.5 Å². The minimum atomic E-state index is -4.14. The predicted octanol–water partition coefficient (Wildman–Crippen LogP) is 5.02. The third kappa shape index (κ3) is 7.14. The first-order chi connectivity index (χ1) is 19.2. The van der Waals surface area contributed by atoms with Gasteiger partial charge in [0.25, 0.3) is 10.0 Å². The Bertz CT molecular complexity index is 1390. The summed E-state index contributed by atoms with van der Waals surface area (Å²) in [7, 11) is -2.64. The lowest BCUT2D eigenvalue weighted by molar-refractivity contribution is -0.139. The Balaban J connectivity index is 1.66. The topological polar surface area (TPSA) is 96.0 Å². The molecule has 1 aliphatic rings. The van der Waals surface area contributed by atoms with E-state index in [1.54, 1.807) is 73.7 Å². The third-order valence-electron chi connectivity index (χ3n) is 7.11. The molecule has 3 aromatic rings. The normalized spacial score (nSPS) is 14.4. The Hall–Kier alpha value is -3.56. The number of nitrogens with zero attached hydrogens (tertiary/aromatic N) is 2. The van der Waals surface area contributed by atoms with Crippen molar-refractivity contribution in [3.63, 3.8) is 0 Å². The van der Waals surface area contributed by atoms with E-state index in [9.17, 15) is 18.0 Å². The Morgan fingerprint density at radius 3 is 2.20 bits per heavy atom. The second-order valence-corrected chi connectivity index (χ2v) is 12.1. The summed E-state index contributed by atoms with van der Waals surface area (Å²) in [5, 5.41) is 3.61. The highest BCUT2D eigenvalue weighted by atomic mass is 35.5. The molecule has 8 nitrogen and oxygen atoms in total. The van der Waals surface area contributed by atoms with E-state index in [2.05, 4.69) is 5.32 Å². The van der Waals surface area contributed by atoms with Crippen LogP contribution in [0.15, 0.2) is 83.8 Å². The van der Waals surface area contributed by atoms with Crippen LogP contribution in [0.3, 0.4) is 0 Å². The minimum Gasteiger partial charge on any atom is -0.497 e. The van der Waals surface area contributed by atoms with Crippen LogP contribution < -0.4 is 14.4 Å². The monoisotopic (exact) mass is 583 g/mol. The first kappa shape index (κ1) is 29.4. The Morgan fingerprint density at radius 2 is 1.60 bits per heavy atom. The number of hydrogen-bond donors (Lipinski definition) is 1. The van der Waals surface area contributed by atoms with Crippen molar-refractivity contribution in [1.82, 2.24) is 10.2 Å². The number of anilines is 1. The molecule has 4 rings (SSSR count). The van der Waals surface area contributed by atoms with Crippen molar-refractivity contribution in [3.8, 4) is 5.75 Å². The largest absolute Gasteiger partial charge is 0.497 e. The van der Waals surface area contributed by atoms with Gasteiger partial charge in [0, 0.05) is 17.6 Å². The highest BCUT2D eigenvalue weighted by Gasteiger charge is 2.33. The summed E-state index contributed by atoms with van der Waals surface area (Å²) in [6.07, 6.45) is 3.93. The summed E-state index contributed by atoms with van der Waals surface area (Å²) < 4.78 is 33.9. The highest BCUT2D eigenvalue weighted by Crippen LogP contribution is 2.26. The summed E-state index contributed by atoms with van der Waals surface area (Å²) in [5.74, 6) is -0.263. The van der Waals surface area contributed by atoms with E-state index in [0.29, 0.717) is 16.5 Å². The van der Waals surface area contributed by atoms with E-state index in [4.69, 9.17) is 16.3 Å². The van der Waals surface area contributed by atoms with E-state index in [-0.39, 0.29) is 23.4 Å². The molecule has 0 saturated heterocycles. The van der Waals surface area contributed by atoms with Crippen molar-refractivity contribution < 1.29 is 22.7 Å². The zero-order valence-electron chi connectivity index (χ0n) is 22.6. The molecule has 40 heavy (non-hydrogen) atoms. The van der Waals surface area contributed by atoms with Crippen molar-refractivity contribution >= 4 is 39.1 Å². The Kier molecular flexibility index (Phi) is 9.71. The van der Waals surface area contributed by atoms with Crippen LogP contribution in [0.2, 0.25) is 5.02 Å². The summed E-state index contributed by atoms with van der Waals surface area (Å²) in [5.41, 5.74) is 1.10. The molecule has 0 aromatic heterocycles. The zero-order valence-corrected chi connectivity index (χ0v) is 24.2. The molecule has 2 amide bonds. The second kappa shape index (κ2) is 13.2. The number of rotatable bonds is 11. The molecular weight excluding hydrogens is 550 g/mol. The van der Waals surface area contributed by atoms with E-state index in [1.807, 2.05) is 0 Å². The fourth-order valence-corrected chi connectivity index (χ4v) is 6.30. The maximum Gasteiger partial charge on any atom is 0.264 e. The van der Waals surface area contributed by atoms with E-state index in [0.717, 1.165) is 35.6 Å². The Morgan fingerprint density at radius 1 is 0.975 bits per heavy atom. The van der Waals surface area contributed by atoms with Gasteiger partial charge in [0.1, 0.15) is 18.3 Å². The molecule has 0 spiro atoms. The summed E-state index contributed by atoms with van der Waals surface area (Å²) >= 11 is 6.06. The molecule has 10 heteroatoms. The van der Waals surface area contributed by atoms with Gasteiger partial charge < -0.3 is 15.0 Å². The standard InChI is InChI=1S/C30H34ClN3O5S/c1-22(30(36)32-25-8-6-7-9-25)33(20-23-12-14-24(31)15-13-23)29(35)21-34(26-10-4-3-5-11-26)40(37,38)28-18-16-27(39-2)17-19-28/h3-5,10-19,22,25H,6-9,20-21H2,1-2H3,(H,32,36). The highest BCUT2D eigenvalue weighted by molar-refractivity contribution is 7.92. The van der Waals surface area contributed by atoms with Crippen LogP contribution >= 0.6 is 11.6 Å². The molecule has 1 unspecified atom stereocenters. The number of ether oxygens (including phenoxy) is 1. The number of amides is 2. The lowest BCUT2D eigenvalue weighted by atomic mass is 10.1. The second-order valence-electron chi connectivity index (χ2n) is 9.84. The first-order valence-corrected chi connectivity index (χ1v) is 15.1. The van der Waals surface area contributed by atoms with Crippen LogP contribution in [0.5, 0.6) is 5.75 Å². The van der Waals surface area contributed by atoms with Crippen LogP contribution in [0.1, 0.15) is 38.2 Å². The van der Waals surface area contributed by atoms with Gasteiger partial charge in [0.05, 0.1) is 17.7 Å². The van der Waals surface area contributed by atoms with Crippen molar-refractivity contribution in [3.05, 3.63) is 89.4 Å². The van der Waals surface area contributed by atoms with Gasteiger partial charge in [0.2, 0.25) is 11.8 Å². The van der Waals surface area contributed by atoms with Gasteiger partial charge in [-0.2, -0.15) is 0 Å². The fraction of sp³-hybridized carbons (Fsp3) is 0.333. The van der Waals surface area contributed by atoms with Crippen LogP contribution in [-0.4, -0.2) is 50.9 Å². The van der Waals surface area contributed by atoms with Crippen molar-refractivity contribution in [2.75, 3.05) is 18.0 Å². The number of nitrogens with one attached hydrogen (secondary N) is 1. The number of carbonyl (C=O) groups excluding carboxylic acids is 2. The zero-order chi connectivity index (χ0) is 28.7. The number of para-hydroxylation sites is 1. The quantitative estimate of drug-likeness (QED) is 0.342. The number of sulfonamides is 1. The number of methoxy groups -OCH3 is 1. The number of halogens is 1. The maximum atomic E-state index is 14.0. The average Bonchev–Trinajstić information content (AvgIpc) is 3.48. The first-order valence-electron chi connectivity index (χ1n) is 13.2. The third-order valence-corrected chi connectivity index (χ3v) is 9.15. The Labute approximate surface area is 240 Å². The van der Waals surface area contributed by atoms with Gasteiger partial charge in [0.15, 0.2) is 0 Å². The van der Waals surface area contributed by atoms with Gasteiger partial charge in [-0.3, -0.25) is 13.9 Å². The molecule has 0 heterocycles. The number of benzene rings is 3. The molecule has 1 N–H and O–H groups in total. The maximum absolute atomic E-state index is 14.0. The van der Waals surface area contributed by atoms with Crippen LogP contribution in [-0.2, 0) is 26.2 Å². The summed E-state index contributed by atoms with van der Waals surface area (Å²) in [6, 6.07) is 20.7. The molecule has 212 valence electrons. The van der Waals surface area contributed by atoms with Crippen LogP contribution in [0.25, 0.3) is 0 Å². The molecule has 1 aliphatic carbocycles. The molecule has 1 saturated carbocycles. The average molecular weight is 584 g/mol. The molecule has 1 fully saturated rings. The van der Waals surface area contributed by atoms with Crippen LogP contribution in [0, 0.1) is 0 Å². The van der Waals surface area contributed by atoms with Gasteiger partial charge in [-0.15, -0.1) is 0 Å². The molecular formula is C30H34ClN3O5S. The molecule has 0 bridgehead atoms. The van der Waals surface area contributed by atoms with Crippen molar-refractivity contribution in [2.24, 2.45) is 0 Å². The SMILES string of the molecule is COc1ccc(S(=O)(=O)N(CC(=O)N(Cc2ccc(Cl)cc2)C(C)C(=O)NC2CCCC2)c2ccccc2)cc1. The lowest BCUT2D eigenvalue weighted by Gasteiger charge is -2.32. The smallest absolute Gasteiger partial charge is 0.264 e. The van der Waals surface area contributed by atoms with Crippen molar-refractivity contribution in [1.29, 1.82) is 0 Å². The lowest BCUT2D eigenvalue weighted by Crippen LogP contribution is -2.52. The summed E-state index contributed by atoms with van der Waals surface area (Å²) in [6.45, 7) is 1.29. The fourth-order valence-electron chi connectivity index (χ4n) is 4.76. The van der Waals surface area contributed by atoms with Crippen LogP contribution in [0.4, 0.5) is 5.69 Å². The molecule has 3 aromatic carbocycles. The minimum absolute atomic E-state index is 0.0150. The molecule has 0 radical (unpaired) electrons. The van der Waals surface area contributed by atoms with E-state index >= 15 is 0 Å². The van der Waals surface area contributed by atoms with Gasteiger partial charge >= 0.3 is 0 Å². The number of carbonyl (C=O) groups is 2. The van der Waals surface area contributed by atoms with Crippen molar-refractivity contribution in [2.45, 2.75) is 56.1 Å². The van der Waals surface area contributed by atoms with Gasteiger partial charge in [-0.25, -0.2) is 8.42 Å². The van der Waals surface area contributed by atoms with E-state index in [1.165, 1.54) is 24.1 Å². The molecule has 1 atom stereocenters. The molecule has 0 aliphatic heterocycles. The van der Waals surface area contributed by atoms with Gasteiger partial charge in [-0.05, 0) is 73.9 Å². The number of hydrogen-bond acceptors (Lipinski definition) is 5. The van der Waals surface area contributed by atoms with Gasteiger partial charge in [-0.1, -0.05) is 54.8 Å².